The third-order valence-electron chi connectivity index (χ3n) is 4.32. The Balaban J connectivity index is 0.000000516. The van der Waals surface area contributed by atoms with Crippen molar-refractivity contribution in [3.05, 3.63) is 137 Å². The topological polar surface area (TPSA) is 161 Å². The molecule has 0 saturated heterocycles. The van der Waals surface area contributed by atoms with Crippen molar-refractivity contribution in [3.63, 3.8) is 0 Å². The van der Waals surface area contributed by atoms with Crippen LogP contribution in [0.25, 0.3) is 0 Å². The normalized spacial score (nSPS) is 9.07. The number of carbonyl (C=O) groups is 4. The Morgan fingerprint density at radius 2 is 0.463 bits per heavy atom. The molecule has 8 nitrogen and oxygen atoms in total. The van der Waals surface area contributed by atoms with Crippen LogP contribution in [0.5, 0.6) is 0 Å². The van der Waals surface area contributed by atoms with Crippen LogP contribution >= 0.6 is 63.7 Å². The first kappa shape index (κ1) is 38.6. The summed E-state index contributed by atoms with van der Waals surface area (Å²) in [5, 5.41) is 40.7. The second kappa shape index (κ2) is 20.5. The summed E-state index contributed by atoms with van der Waals surface area (Å²) in [5.41, 5.74) is 0.790. The number of aromatic carboxylic acids is 4. The Kier molecular flexibility index (Phi) is 19.3. The molecule has 0 aliphatic heterocycles. The van der Waals surface area contributed by atoms with Gasteiger partial charge >= 0.3 is 0 Å². The van der Waals surface area contributed by atoms with E-state index in [0.29, 0.717) is 0 Å². The number of halogens is 4. The van der Waals surface area contributed by atoms with E-state index in [1.807, 2.05) is 0 Å². The minimum absolute atomic E-state index is 0. The van der Waals surface area contributed by atoms with E-state index in [-0.39, 0.29) is 49.6 Å². The molecule has 4 radical (unpaired) electrons. The zero-order chi connectivity index (χ0) is 30.2. The van der Waals surface area contributed by atoms with Crippen molar-refractivity contribution in [2.45, 2.75) is 0 Å². The minimum atomic E-state index is -1.15. The Morgan fingerprint density at radius 3 is 0.561 bits per heavy atom. The third-order valence-corrected chi connectivity index (χ3v) is 6.43. The first-order chi connectivity index (χ1) is 18.8. The second-order valence-corrected chi connectivity index (χ2v) is 10.8. The van der Waals surface area contributed by atoms with Crippen LogP contribution in [0, 0.1) is 0 Å². The van der Waals surface area contributed by atoms with Gasteiger partial charge in [-0.15, -0.1) is 0 Å². The molecule has 0 aliphatic carbocycles. The standard InChI is InChI=1S/4C7H5BrO2.Pb/c4*8-6-3-1-5(2-4-6)7(9)10;/h4*1-4H,(H,9,10);/p-4. The van der Waals surface area contributed by atoms with Crippen LogP contribution in [-0.2, 0) is 0 Å². The summed E-state index contributed by atoms with van der Waals surface area (Å²) >= 11 is 12.7. The number of hydrogen-bond donors (Lipinski definition) is 0. The fourth-order valence-electron chi connectivity index (χ4n) is 2.34. The molecule has 0 fully saturated rings. The van der Waals surface area contributed by atoms with E-state index in [2.05, 4.69) is 63.7 Å². The van der Waals surface area contributed by atoms with Crippen LogP contribution in [0.2, 0.25) is 0 Å². The molecule has 212 valence electrons. The summed E-state index contributed by atoms with van der Waals surface area (Å²) < 4.78 is 3.44. The summed E-state index contributed by atoms with van der Waals surface area (Å²) in [6, 6.07) is 25.1. The first-order valence-electron chi connectivity index (χ1n) is 10.7. The van der Waals surface area contributed by atoms with Gasteiger partial charge in [-0.05, 0) is 70.8 Å². The van der Waals surface area contributed by atoms with E-state index < -0.39 is 23.9 Å². The van der Waals surface area contributed by atoms with E-state index in [1.165, 1.54) is 48.5 Å². The molecule has 0 spiro atoms. The molecule has 4 aromatic carbocycles. The number of carbonyl (C=O) groups excluding carboxylic acids is 4. The van der Waals surface area contributed by atoms with Crippen molar-refractivity contribution in [2.75, 3.05) is 0 Å². The largest absolute Gasteiger partial charge is 0.545 e. The SMILES string of the molecule is O=C([O-])c1ccc(Br)cc1.O=C([O-])c1ccc(Br)cc1.O=C([O-])c1ccc(Br)cc1.O=C([O-])c1ccc(Br)cc1.[Pb]. The molecule has 0 atom stereocenters. The second-order valence-electron chi connectivity index (χ2n) is 7.18. The maximum atomic E-state index is 10.2. The predicted octanol–water partition coefficient (Wildman–Crippen LogP) is 2.87. The Hall–Kier alpha value is -2.40. The van der Waals surface area contributed by atoms with E-state index in [0.717, 1.165) is 17.9 Å². The maximum absolute atomic E-state index is 10.2. The molecular weight excluding hydrogens is 991 g/mol. The van der Waals surface area contributed by atoms with Crippen molar-refractivity contribution in [1.29, 1.82) is 0 Å². The van der Waals surface area contributed by atoms with Gasteiger partial charge in [0.1, 0.15) is 0 Å². The van der Waals surface area contributed by atoms with Crippen molar-refractivity contribution in [2.24, 2.45) is 0 Å². The molecule has 0 bridgehead atoms. The molecule has 0 aromatic heterocycles. The van der Waals surface area contributed by atoms with Gasteiger partial charge in [0.25, 0.3) is 0 Å². The molecule has 4 rings (SSSR count). The molecule has 4 aromatic rings. The minimum Gasteiger partial charge on any atom is -0.545 e. The fourth-order valence-corrected chi connectivity index (χ4v) is 3.40. The molecular formula is C28H16Br4O8Pb-4. The van der Waals surface area contributed by atoms with E-state index in [9.17, 15) is 39.6 Å². The van der Waals surface area contributed by atoms with Crippen LogP contribution < -0.4 is 20.4 Å². The molecule has 41 heavy (non-hydrogen) atoms. The maximum Gasteiger partial charge on any atom is 0.0715 e. The number of rotatable bonds is 4. The quantitative estimate of drug-likeness (QED) is 0.283. The fraction of sp³-hybridized carbons (Fsp3) is 0. The summed E-state index contributed by atoms with van der Waals surface area (Å²) in [4.78, 5) is 40.7. The van der Waals surface area contributed by atoms with E-state index >= 15 is 0 Å². The van der Waals surface area contributed by atoms with Gasteiger partial charge < -0.3 is 39.6 Å². The van der Waals surface area contributed by atoms with Gasteiger partial charge in [0.05, 0.1) is 23.9 Å². The van der Waals surface area contributed by atoms with Crippen molar-refractivity contribution >= 4 is 115 Å². The Bertz CT molecular complexity index is 1190. The molecule has 0 saturated carbocycles. The Labute approximate surface area is 289 Å². The smallest absolute Gasteiger partial charge is 0.0715 e. The number of carboxylic acids is 4. The number of hydrogen-bond acceptors (Lipinski definition) is 8. The summed E-state index contributed by atoms with van der Waals surface area (Å²) in [5.74, 6) is -4.58. The van der Waals surface area contributed by atoms with E-state index in [4.69, 9.17) is 0 Å². The zero-order valence-electron chi connectivity index (χ0n) is 20.5. The average Bonchev–Trinajstić information content (AvgIpc) is 2.91. The molecule has 0 unspecified atom stereocenters. The Morgan fingerprint density at radius 1 is 0.341 bits per heavy atom. The summed E-state index contributed by atoms with van der Waals surface area (Å²) in [6.07, 6.45) is 0. The van der Waals surface area contributed by atoms with Crippen molar-refractivity contribution in [3.8, 4) is 0 Å². The molecule has 0 N–H and O–H groups in total. The van der Waals surface area contributed by atoms with Crippen LogP contribution in [0.1, 0.15) is 41.4 Å². The van der Waals surface area contributed by atoms with Crippen LogP contribution in [0.15, 0.2) is 115 Å². The predicted molar refractivity (Wildman–Crippen MR) is 160 cm³/mol. The molecule has 0 amide bonds. The van der Waals surface area contributed by atoms with Gasteiger partial charge in [-0.3, -0.25) is 0 Å². The number of benzene rings is 4. The molecule has 13 heteroatoms. The average molecular weight is 1010 g/mol. The van der Waals surface area contributed by atoms with Crippen molar-refractivity contribution in [1.82, 2.24) is 0 Å². The summed E-state index contributed by atoms with van der Waals surface area (Å²) in [6.45, 7) is 0. The van der Waals surface area contributed by atoms with Gasteiger partial charge in [-0.1, -0.05) is 112 Å². The van der Waals surface area contributed by atoms with Crippen molar-refractivity contribution < 1.29 is 39.6 Å². The number of carboxylic acid groups (broad SMARTS) is 4. The first-order valence-corrected chi connectivity index (χ1v) is 13.8. The van der Waals surface area contributed by atoms with Crippen LogP contribution in [0.4, 0.5) is 0 Å². The van der Waals surface area contributed by atoms with Gasteiger partial charge in [0.2, 0.25) is 0 Å². The summed E-state index contributed by atoms with van der Waals surface area (Å²) in [7, 11) is 0. The van der Waals surface area contributed by atoms with E-state index in [1.54, 1.807) is 48.5 Å². The molecule has 0 heterocycles. The van der Waals surface area contributed by atoms with Crippen LogP contribution in [-0.4, -0.2) is 51.2 Å². The third kappa shape index (κ3) is 16.6. The zero-order valence-corrected chi connectivity index (χ0v) is 30.7. The monoisotopic (exact) mass is 1000 g/mol. The van der Waals surface area contributed by atoms with Gasteiger partial charge in [-0.2, -0.15) is 0 Å². The van der Waals surface area contributed by atoms with Crippen LogP contribution in [0.3, 0.4) is 0 Å². The van der Waals surface area contributed by atoms with Gasteiger partial charge in [0, 0.05) is 45.2 Å². The molecule has 0 aliphatic rings. The van der Waals surface area contributed by atoms with Gasteiger partial charge in [0.15, 0.2) is 0 Å². The van der Waals surface area contributed by atoms with Gasteiger partial charge in [-0.25, -0.2) is 0 Å².